The summed E-state index contributed by atoms with van der Waals surface area (Å²) in [6.07, 6.45) is -5.45. The first-order valence-corrected chi connectivity index (χ1v) is 20.0. The molecule has 0 spiro atoms. The summed E-state index contributed by atoms with van der Waals surface area (Å²) in [7, 11) is -3.21. The Morgan fingerprint density at radius 3 is 1.65 bits per heavy atom. The van der Waals surface area contributed by atoms with Crippen LogP contribution in [0.5, 0.6) is 0 Å². The smallest absolute Gasteiger partial charge is 0.237 e. The minimum Gasteiger partial charge on any atom is -0.237 e. The van der Waals surface area contributed by atoms with Gasteiger partial charge < -0.3 is 0 Å². The summed E-state index contributed by atoms with van der Waals surface area (Å²) in [5, 5.41) is 14.6. The van der Waals surface area contributed by atoms with E-state index in [9.17, 15) is 43.5 Å². The third-order valence-electron chi connectivity index (χ3n) is 8.42. The van der Waals surface area contributed by atoms with Gasteiger partial charge in [0.1, 0.15) is 39.1 Å². The highest BCUT2D eigenvalue weighted by atomic mass is 79.9. The van der Waals surface area contributed by atoms with Gasteiger partial charge in [-0.25, -0.2) is 27.7 Å². The number of aromatic nitrogens is 8. The number of nitrogens with zero attached hydrogens (tertiary/aromatic N) is 10. The van der Waals surface area contributed by atoms with Crippen LogP contribution in [-0.2, 0) is 33.0 Å². The fourth-order valence-corrected chi connectivity index (χ4v) is 6.03. The van der Waals surface area contributed by atoms with E-state index in [1.807, 2.05) is 0 Å². The molecule has 2 atom stereocenters. The SMILES string of the molecule is CC(C)(C)[S@](=O)N=Cc1cn(C2(C(F)(F)F)CC2)nn1.Cc1nc(F)ccc1Br.Cc1nc(F)ccc1C(=N[S@@](=O)C(C)(C)C)c1cn(C2(C(F)(F)F)CC2)nn1. The Labute approximate surface area is 336 Å². The first-order chi connectivity index (χ1) is 26.1. The van der Waals surface area contributed by atoms with Gasteiger partial charge in [-0.3, -0.25) is 0 Å². The molecule has 4 aromatic heterocycles. The Balaban J connectivity index is 0.000000215. The van der Waals surface area contributed by atoms with Crippen molar-refractivity contribution in [1.82, 2.24) is 40.0 Å². The molecule has 0 radical (unpaired) electrons. The van der Waals surface area contributed by atoms with Gasteiger partial charge in [0.2, 0.25) is 11.9 Å². The van der Waals surface area contributed by atoms with Crippen LogP contribution in [0.4, 0.5) is 35.1 Å². The molecule has 23 heteroatoms. The second-order valence-electron chi connectivity index (χ2n) is 15.1. The van der Waals surface area contributed by atoms with Crippen LogP contribution in [0.3, 0.4) is 0 Å². The third kappa shape index (κ3) is 11.0. The van der Waals surface area contributed by atoms with E-state index >= 15 is 0 Å². The minimum absolute atomic E-state index is 0.00433. The van der Waals surface area contributed by atoms with Crippen LogP contribution in [-0.4, -0.2) is 82.1 Å². The summed E-state index contributed by atoms with van der Waals surface area (Å²) in [5.74, 6) is -1.15. The number of pyridine rings is 2. The lowest BCUT2D eigenvalue weighted by molar-refractivity contribution is -0.183. The van der Waals surface area contributed by atoms with Crippen molar-refractivity contribution in [3.8, 4) is 0 Å². The maximum absolute atomic E-state index is 13.4. The molecule has 4 heterocycles. The summed E-state index contributed by atoms with van der Waals surface area (Å²) in [4.78, 5) is 7.27. The number of rotatable bonds is 7. The van der Waals surface area contributed by atoms with E-state index in [-0.39, 0.29) is 48.5 Å². The van der Waals surface area contributed by atoms with Crippen molar-refractivity contribution in [2.75, 3.05) is 0 Å². The first-order valence-electron chi connectivity index (χ1n) is 17.0. The highest BCUT2D eigenvalue weighted by Crippen LogP contribution is 2.55. The molecule has 12 nitrogen and oxygen atoms in total. The molecule has 2 saturated carbocycles. The number of alkyl halides is 6. The van der Waals surface area contributed by atoms with E-state index in [0.717, 1.165) is 26.1 Å². The molecule has 4 aromatic rings. The Kier molecular flexibility index (Phi) is 13.5. The van der Waals surface area contributed by atoms with Gasteiger partial charge in [0.15, 0.2) is 11.1 Å². The molecule has 0 unspecified atom stereocenters. The maximum atomic E-state index is 13.4. The molecule has 0 amide bonds. The van der Waals surface area contributed by atoms with Crippen molar-refractivity contribution < 1.29 is 43.5 Å². The number of halogens is 9. The van der Waals surface area contributed by atoms with Gasteiger partial charge >= 0.3 is 12.4 Å². The molecular formula is C34H39BrF8N10O2S2. The van der Waals surface area contributed by atoms with Crippen LogP contribution in [0, 0.1) is 25.7 Å². The summed E-state index contributed by atoms with van der Waals surface area (Å²) >= 11 is 3.20. The molecule has 57 heavy (non-hydrogen) atoms. The fourth-order valence-electron chi connectivity index (χ4n) is 4.66. The molecule has 2 aliphatic rings. The largest absolute Gasteiger partial charge is 0.413 e. The Morgan fingerprint density at radius 1 is 0.737 bits per heavy atom. The number of hydrogen-bond donors (Lipinski definition) is 0. The molecule has 0 aromatic carbocycles. The molecule has 2 fully saturated rings. The molecule has 0 N–H and O–H groups in total. The lowest BCUT2D eigenvalue weighted by Gasteiger charge is -2.18. The van der Waals surface area contributed by atoms with Crippen molar-refractivity contribution >= 4 is 49.8 Å². The van der Waals surface area contributed by atoms with Gasteiger partial charge in [0, 0.05) is 10.0 Å². The first kappa shape index (κ1) is 45.8. The van der Waals surface area contributed by atoms with Gasteiger partial charge in [0.25, 0.3) is 0 Å². The van der Waals surface area contributed by atoms with Crippen molar-refractivity contribution in [2.24, 2.45) is 8.80 Å². The average Bonchev–Trinajstić information content (AvgIpc) is 3.99. The van der Waals surface area contributed by atoms with Crippen LogP contribution < -0.4 is 0 Å². The average molecular weight is 916 g/mol. The molecule has 0 aliphatic heterocycles. The summed E-state index contributed by atoms with van der Waals surface area (Å²) in [6, 6.07) is 5.43. The van der Waals surface area contributed by atoms with Crippen LogP contribution in [0.15, 0.2) is 49.9 Å². The number of aryl methyl sites for hydroxylation is 2. The van der Waals surface area contributed by atoms with Crippen molar-refractivity contribution in [1.29, 1.82) is 0 Å². The lowest BCUT2D eigenvalue weighted by Crippen LogP contribution is -2.35. The van der Waals surface area contributed by atoms with Crippen molar-refractivity contribution in [2.45, 2.75) is 114 Å². The molecule has 6 rings (SSSR count). The van der Waals surface area contributed by atoms with E-state index in [2.05, 4.69) is 55.3 Å². The zero-order valence-corrected chi connectivity index (χ0v) is 35.1. The van der Waals surface area contributed by atoms with Gasteiger partial charge in [-0.1, -0.05) is 10.4 Å². The summed E-state index contributed by atoms with van der Waals surface area (Å²) in [5.41, 5.74) is -2.50. The second-order valence-corrected chi connectivity index (χ2v) is 19.8. The van der Waals surface area contributed by atoms with Crippen LogP contribution in [0.1, 0.15) is 95.6 Å². The Hall–Kier alpha value is -3.86. The molecule has 0 bridgehead atoms. The maximum Gasteiger partial charge on any atom is 0.413 e. The number of hydrogen-bond acceptors (Lipinski definition) is 8. The minimum atomic E-state index is -4.46. The molecule has 0 saturated heterocycles. The monoisotopic (exact) mass is 914 g/mol. The van der Waals surface area contributed by atoms with Crippen LogP contribution in [0.25, 0.3) is 0 Å². The summed E-state index contributed by atoms with van der Waals surface area (Å²) in [6.45, 7) is 13.6. The normalized spacial score (nSPS) is 17.6. The highest BCUT2D eigenvalue weighted by Gasteiger charge is 2.66. The van der Waals surface area contributed by atoms with E-state index < -0.39 is 66.8 Å². The predicted octanol–water partition coefficient (Wildman–Crippen LogP) is 7.97. The molecule has 2 aliphatic carbocycles. The van der Waals surface area contributed by atoms with Crippen LogP contribution >= 0.6 is 15.9 Å². The zero-order chi connectivity index (χ0) is 42.9. The van der Waals surface area contributed by atoms with E-state index in [0.29, 0.717) is 11.3 Å². The third-order valence-corrected chi connectivity index (χ3v) is 12.0. The van der Waals surface area contributed by atoms with Gasteiger partial charge in [0.05, 0.1) is 39.5 Å². The highest BCUT2D eigenvalue weighted by molar-refractivity contribution is 9.10. The van der Waals surface area contributed by atoms with Crippen molar-refractivity contribution in [3.05, 3.63) is 81.4 Å². The van der Waals surface area contributed by atoms with Gasteiger partial charge in [-0.2, -0.15) is 43.9 Å². The Morgan fingerprint density at radius 2 is 1.21 bits per heavy atom. The zero-order valence-electron chi connectivity index (χ0n) is 31.9. The standard InChI is InChI=1S/C17H19F4N5OS.C11H15F3N4OS.C6H5BrFN/c1-10-11(5-6-13(18)22-10)14(24-28(27)15(2,3)4)12-9-26(25-23-12)16(7-8-16)17(19,20)21;1-9(2,3)20(19)15-6-8-7-18(17-16-8)10(4-5-10)11(12,13)14;1-4-5(7)2-3-6(8)9-4/h5-6,9H,7-8H2,1-4H3;6-7H,4-5H2,1-3H3;2-3H,1H3/t28-;20-;/m00./s1. The van der Waals surface area contributed by atoms with E-state index in [4.69, 9.17) is 0 Å². The molecule has 312 valence electrons. The molecular weight excluding hydrogens is 876 g/mol. The summed E-state index contributed by atoms with van der Waals surface area (Å²) < 4.78 is 138. The van der Waals surface area contributed by atoms with E-state index in [1.165, 1.54) is 31.5 Å². The van der Waals surface area contributed by atoms with Crippen molar-refractivity contribution in [3.63, 3.8) is 0 Å². The predicted molar refractivity (Wildman–Crippen MR) is 201 cm³/mol. The topological polar surface area (TPSA) is 146 Å². The van der Waals surface area contributed by atoms with Crippen LogP contribution in [0.2, 0.25) is 0 Å². The quantitative estimate of drug-likeness (QED) is 0.103. The Bertz CT molecular complexity index is 2180. The van der Waals surface area contributed by atoms with Gasteiger partial charge in [-0.15, -0.1) is 10.2 Å². The fraction of sp³-hybridized carbons (Fsp3) is 0.529. The lowest BCUT2D eigenvalue weighted by atomic mass is 10.1. The van der Waals surface area contributed by atoms with E-state index in [1.54, 1.807) is 54.5 Å². The second kappa shape index (κ2) is 16.8. The van der Waals surface area contributed by atoms with Gasteiger partial charge in [-0.05, 0) is 121 Å².